The van der Waals surface area contributed by atoms with Gasteiger partial charge in [0.2, 0.25) is 5.91 Å². The van der Waals surface area contributed by atoms with E-state index in [9.17, 15) is 19.2 Å². The number of carbonyl (C=O) groups excluding carboxylic acids is 1. The largest absolute Gasteiger partial charge is 0.480 e. The molecule has 0 radical (unpaired) electrons. The first-order valence-corrected chi connectivity index (χ1v) is 6.78. The zero-order valence-corrected chi connectivity index (χ0v) is 11.7. The van der Waals surface area contributed by atoms with Crippen LogP contribution in [0.1, 0.15) is 19.3 Å². The highest BCUT2D eigenvalue weighted by Gasteiger charge is 2.29. The third-order valence-electron chi connectivity index (χ3n) is 3.44. The number of nitrogens with zero attached hydrogens (tertiary/aromatic N) is 1. The van der Waals surface area contributed by atoms with Crippen LogP contribution < -0.4 is 16.6 Å². The summed E-state index contributed by atoms with van der Waals surface area (Å²) in [7, 11) is 0. The van der Waals surface area contributed by atoms with Gasteiger partial charge in [0.25, 0.3) is 5.56 Å². The normalized spacial score (nSPS) is 16.0. The van der Waals surface area contributed by atoms with E-state index in [1.165, 1.54) is 0 Å². The fraction of sp³-hybridized carbons (Fsp3) is 0.500. The summed E-state index contributed by atoms with van der Waals surface area (Å²) in [5.74, 6) is -1.77. The lowest BCUT2D eigenvalue weighted by Gasteiger charge is -2.26. The van der Waals surface area contributed by atoms with Gasteiger partial charge >= 0.3 is 11.7 Å². The first-order valence-electron chi connectivity index (χ1n) is 6.41. The highest BCUT2D eigenvalue weighted by molar-refractivity contribution is 6.30. The Balaban J connectivity index is 2.14. The summed E-state index contributed by atoms with van der Waals surface area (Å²) in [4.78, 5) is 47.7. The fourth-order valence-corrected chi connectivity index (χ4v) is 2.13. The monoisotopic (exact) mass is 315 g/mol. The Morgan fingerprint density at radius 1 is 1.48 bits per heavy atom. The third kappa shape index (κ3) is 3.52. The molecular formula is C12H14ClN3O5. The summed E-state index contributed by atoms with van der Waals surface area (Å²) in [5.41, 5.74) is -1.53. The molecule has 2 rings (SSSR count). The molecule has 114 valence electrons. The molecule has 21 heavy (non-hydrogen) atoms. The summed E-state index contributed by atoms with van der Waals surface area (Å²) in [6, 6.07) is -1.27. The van der Waals surface area contributed by atoms with E-state index in [1.54, 1.807) is 0 Å². The van der Waals surface area contributed by atoms with E-state index in [2.05, 4.69) is 5.32 Å². The van der Waals surface area contributed by atoms with Crippen LogP contribution in [0.15, 0.2) is 15.8 Å². The minimum Gasteiger partial charge on any atom is -0.480 e. The standard InChI is InChI=1S/C12H14ClN3O5/c13-7-4-16(12(21)15-10(7)18)5-8(11(19)20)14-9(17)6-2-1-3-6/h4,6,8H,1-3,5H2,(H,14,17)(H,19,20)(H,15,18,21)/t8-/m0/s1. The molecule has 1 aliphatic rings. The van der Waals surface area contributed by atoms with Crippen LogP contribution in [-0.4, -0.2) is 32.6 Å². The average molecular weight is 316 g/mol. The van der Waals surface area contributed by atoms with Gasteiger partial charge in [-0.3, -0.25) is 19.1 Å². The summed E-state index contributed by atoms with van der Waals surface area (Å²) in [5, 5.41) is 11.3. The quantitative estimate of drug-likeness (QED) is 0.680. The maximum absolute atomic E-state index is 11.8. The summed E-state index contributed by atoms with van der Waals surface area (Å²) in [6.07, 6.45) is 3.48. The van der Waals surface area contributed by atoms with Crippen LogP contribution in [0, 0.1) is 5.92 Å². The number of halogens is 1. The lowest BCUT2D eigenvalue weighted by Crippen LogP contribution is -2.48. The second kappa shape index (κ2) is 6.13. The van der Waals surface area contributed by atoms with Crippen molar-refractivity contribution < 1.29 is 14.7 Å². The van der Waals surface area contributed by atoms with Crippen molar-refractivity contribution in [2.45, 2.75) is 31.8 Å². The number of rotatable bonds is 5. The van der Waals surface area contributed by atoms with E-state index < -0.39 is 23.3 Å². The van der Waals surface area contributed by atoms with Crippen molar-refractivity contribution in [3.8, 4) is 0 Å². The van der Waals surface area contributed by atoms with Crippen molar-refractivity contribution in [2.24, 2.45) is 5.92 Å². The smallest absolute Gasteiger partial charge is 0.328 e. The van der Waals surface area contributed by atoms with Crippen LogP contribution in [0.3, 0.4) is 0 Å². The Hall–Kier alpha value is -2.09. The zero-order valence-electron chi connectivity index (χ0n) is 11.0. The molecule has 1 heterocycles. The van der Waals surface area contributed by atoms with Crippen LogP contribution in [0.5, 0.6) is 0 Å². The number of aromatic amines is 1. The molecule has 1 aromatic rings. The third-order valence-corrected chi connectivity index (χ3v) is 3.71. The second-order valence-corrected chi connectivity index (χ2v) is 5.32. The Morgan fingerprint density at radius 2 is 2.14 bits per heavy atom. The summed E-state index contributed by atoms with van der Waals surface area (Å²) in [6.45, 7) is -0.316. The molecule has 1 amide bonds. The predicted molar refractivity (Wildman–Crippen MR) is 73.2 cm³/mol. The zero-order chi connectivity index (χ0) is 15.6. The van der Waals surface area contributed by atoms with E-state index in [-0.39, 0.29) is 23.4 Å². The Kier molecular flexibility index (Phi) is 4.46. The Bertz CT molecular complexity index is 676. The van der Waals surface area contributed by atoms with Gasteiger partial charge in [0.15, 0.2) is 0 Å². The van der Waals surface area contributed by atoms with E-state index in [1.807, 2.05) is 4.98 Å². The molecule has 8 nitrogen and oxygen atoms in total. The minimum atomic E-state index is -1.27. The van der Waals surface area contributed by atoms with E-state index in [0.29, 0.717) is 0 Å². The molecule has 1 aliphatic carbocycles. The van der Waals surface area contributed by atoms with Crippen molar-refractivity contribution >= 4 is 23.5 Å². The Labute approximate surface area is 123 Å². The van der Waals surface area contributed by atoms with E-state index >= 15 is 0 Å². The molecular weight excluding hydrogens is 302 g/mol. The van der Waals surface area contributed by atoms with Crippen molar-refractivity contribution in [1.82, 2.24) is 14.9 Å². The number of carbonyl (C=O) groups is 2. The maximum atomic E-state index is 11.8. The highest BCUT2D eigenvalue weighted by atomic mass is 35.5. The van der Waals surface area contributed by atoms with Crippen LogP contribution in [0.4, 0.5) is 0 Å². The molecule has 0 bridgehead atoms. The van der Waals surface area contributed by atoms with Gasteiger partial charge in [-0.15, -0.1) is 0 Å². The molecule has 1 fully saturated rings. The van der Waals surface area contributed by atoms with Crippen LogP contribution >= 0.6 is 11.6 Å². The molecule has 1 atom stereocenters. The molecule has 1 saturated carbocycles. The van der Waals surface area contributed by atoms with Gasteiger partial charge in [0, 0.05) is 12.1 Å². The van der Waals surface area contributed by atoms with Crippen LogP contribution in [-0.2, 0) is 16.1 Å². The number of amides is 1. The minimum absolute atomic E-state index is 0.164. The van der Waals surface area contributed by atoms with Crippen molar-refractivity contribution in [3.63, 3.8) is 0 Å². The number of aromatic nitrogens is 2. The fourth-order valence-electron chi connectivity index (χ4n) is 1.96. The molecule has 3 N–H and O–H groups in total. The van der Waals surface area contributed by atoms with Gasteiger partial charge in [-0.2, -0.15) is 0 Å². The average Bonchev–Trinajstić information content (AvgIpc) is 2.32. The molecule has 0 spiro atoms. The summed E-state index contributed by atoms with van der Waals surface area (Å²) < 4.78 is 0.948. The molecule has 1 aromatic heterocycles. The molecule has 0 saturated heterocycles. The van der Waals surface area contributed by atoms with Gasteiger partial charge in [0.1, 0.15) is 11.1 Å². The van der Waals surface area contributed by atoms with Crippen molar-refractivity contribution in [3.05, 3.63) is 32.1 Å². The molecule has 0 aliphatic heterocycles. The number of aliphatic carboxylic acids is 1. The number of H-pyrrole nitrogens is 1. The number of carboxylic acid groups (broad SMARTS) is 1. The van der Waals surface area contributed by atoms with E-state index in [0.717, 1.165) is 30.0 Å². The van der Waals surface area contributed by atoms with Crippen LogP contribution in [0.25, 0.3) is 0 Å². The topological polar surface area (TPSA) is 121 Å². The molecule has 0 unspecified atom stereocenters. The van der Waals surface area contributed by atoms with Gasteiger partial charge in [-0.1, -0.05) is 18.0 Å². The van der Waals surface area contributed by atoms with Gasteiger partial charge < -0.3 is 10.4 Å². The first-order chi connectivity index (χ1) is 9.88. The number of nitrogens with one attached hydrogen (secondary N) is 2. The lowest BCUT2D eigenvalue weighted by atomic mass is 9.84. The molecule has 0 aromatic carbocycles. The van der Waals surface area contributed by atoms with Crippen LogP contribution in [0.2, 0.25) is 5.02 Å². The second-order valence-electron chi connectivity index (χ2n) is 4.92. The number of carboxylic acids is 1. The lowest BCUT2D eigenvalue weighted by molar-refractivity contribution is -0.143. The van der Waals surface area contributed by atoms with Crippen molar-refractivity contribution in [2.75, 3.05) is 0 Å². The van der Waals surface area contributed by atoms with Crippen molar-refractivity contribution in [1.29, 1.82) is 0 Å². The van der Waals surface area contributed by atoms with Gasteiger partial charge in [-0.25, -0.2) is 9.59 Å². The van der Waals surface area contributed by atoms with E-state index in [4.69, 9.17) is 16.7 Å². The maximum Gasteiger partial charge on any atom is 0.328 e. The Morgan fingerprint density at radius 3 is 2.67 bits per heavy atom. The van der Waals surface area contributed by atoms with Gasteiger partial charge in [0.05, 0.1) is 6.54 Å². The number of hydrogen-bond donors (Lipinski definition) is 3. The van der Waals surface area contributed by atoms with Gasteiger partial charge in [-0.05, 0) is 12.8 Å². The first kappa shape index (κ1) is 15.3. The molecule has 9 heteroatoms. The SMILES string of the molecule is O=C(N[C@@H](Cn1cc(Cl)c(=O)[nH]c1=O)C(=O)O)C1CCC1. The number of hydrogen-bond acceptors (Lipinski definition) is 4. The highest BCUT2D eigenvalue weighted by Crippen LogP contribution is 2.26. The summed E-state index contributed by atoms with van der Waals surface area (Å²) >= 11 is 5.60. The predicted octanol–water partition coefficient (Wildman–Crippen LogP) is -0.441.